The summed E-state index contributed by atoms with van der Waals surface area (Å²) in [6.07, 6.45) is 0.796. The lowest BCUT2D eigenvalue weighted by Gasteiger charge is -2.07. The van der Waals surface area contributed by atoms with E-state index in [9.17, 15) is 9.59 Å². The molecular formula is C11H13N3O2. The van der Waals surface area contributed by atoms with Gasteiger partial charge in [-0.15, -0.1) is 0 Å². The minimum absolute atomic E-state index is 0.365. The third kappa shape index (κ3) is 1.71. The van der Waals surface area contributed by atoms with E-state index in [0.29, 0.717) is 12.2 Å². The van der Waals surface area contributed by atoms with Crippen molar-refractivity contribution in [3.8, 4) is 5.69 Å². The summed E-state index contributed by atoms with van der Waals surface area (Å²) in [5.74, 6) is 0. The van der Waals surface area contributed by atoms with Crippen LogP contribution in [-0.2, 0) is 6.54 Å². The molecule has 0 aliphatic carbocycles. The predicted molar refractivity (Wildman–Crippen MR) is 60.9 cm³/mol. The number of H-pyrrole nitrogens is 1. The largest absolute Gasteiger partial charge is 0.349 e. The molecule has 0 fully saturated rings. The van der Waals surface area contributed by atoms with Gasteiger partial charge >= 0.3 is 11.4 Å². The van der Waals surface area contributed by atoms with Gasteiger partial charge in [-0.05, 0) is 18.6 Å². The first-order valence-corrected chi connectivity index (χ1v) is 5.21. The Kier molecular flexibility index (Phi) is 2.76. The summed E-state index contributed by atoms with van der Waals surface area (Å²) in [5, 5.41) is 0. The fourth-order valence-electron chi connectivity index (χ4n) is 1.65. The van der Waals surface area contributed by atoms with Gasteiger partial charge < -0.3 is 0 Å². The minimum Gasteiger partial charge on any atom is -0.256 e. The molecule has 0 bridgehead atoms. The van der Waals surface area contributed by atoms with E-state index in [1.165, 1.54) is 9.36 Å². The smallest absolute Gasteiger partial charge is 0.256 e. The van der Waals surface area contributed by atoms with E-state index in [4.69, 9.17) is 0 Å². The SMILES string of the molecule is CCCn1c(=O)[nH]c(=O)n1-c1ccccc1. The average molecular weight is 219 g/mol. The van der Waals surface area contributed by atoms with Crippen molar-refractivity contribution in [2.45, 2.75) is 19.9 Å². The van der Waals surface area contributed by atoms with Crippen LogP contribution in [-0.4, -0.2) is 14.3 Å². The van der Waals surface area contributed by atoms with Crippen molar-refractivity contribution in [2.75, 3.05) is 0 Å². The molecule has 0 amide bonds. The minimum atomic E-state index is -0.398. The van der Waals surface area contributed by atoms with Crippen molar-refractivity contribution in [1.82, 2.24) is 14.3 Å². The van der Waals surface area contributed by atoms with Gasteiger partial charge in [-0.1, -0.05) is 25.1 Å². The molecule has 0 spiro atoms. The molecule has 0 aliphatic heterocycles. The van der Waals surface area contributed by atoms with Crippen molar-refractivity contribution < 1.29 is 0 Å². The summed E-state index contributed by atoms with van der Waals surface area (Å²) >= 11 is 0. The molecule has 0 aliphatic rings. The fourth-order valence-corrected chi connectivity index (χ4v) is 1.65. The van der Waals surface area contributed by atoms with Crippen LogP contribution in [0.15, 0.2) is 39.9 Å². The molecule has 2 aromatic rings. The van der Waals surface area contributed by atoms with Crippen LogP contribution in [0.3, 0.4) is 0 Å². The third-order valence-electron chi connectivity index (χ3n) is 2.32. The lowest BCUT2D eigenvalue weighted by Crippen LogP contribution is -2.25. The van der Waals surface area contributed by atoms with Crippen LogP contribution < -0.4 is 11.4 Å². The van der Waals surface area contributed by atoms with Gasteiger partial charge in [-0.3, -0.25) is 4.98 Å². The van der Waals surface area contributed by atoms with Crippen molar-refractivity contribution in [3.05, 3.63) is 51.3 Å². The Morgan fingerprint density at radius 1 is 1.12 bits per heavy atom. The molecule has 84 valence electrons. The number of hydrogen-bond acceptors (Lipinski definition) is 2. The van der Waals surface area contributed by atoms with E-state index in [-0.39, 0.29) is 5.69 Å². The Labute approximate surface area is 91.9 Å². The number of aromatic amines is 1. The zero-order chi connectivity index (χ0) is 11.5. The van der Waals surface area contributed by atoms with Crippen molar-refractivity contribution in [1.29, 1.82) is 0 Å². The Hall–Kier alpha value is -2.04. The highest BCUT2D eigenvalue weighted by Gasteiger charge is 2.09. The normalized spacial score (nSPS) is 10.6. The summed E-state index contributed by atoms with van der Waals surface area (Å²) in [5.41, 5.74) is -0.0698. The van der Waals surface area contributed by atoms with E-state index in [1.807, 2.05) is 25.1 Å². The first kappa shape index (κ1) is 10.5. The van der Waals surface area contributed by atoms with Crippen molar-refractivity contribution in [3.63, 3.8) is 0 Å². The molecular weight excluding hydrogens is 206 g/mol. The Morgan fingerprint density at radius 3 is 2.44 bits per heavy atom. The maximum absolute atomic E-state index is 11.6. The summed E-state index contributed by atoms with van der Waals surface area (Å²) in [4.78, 5) is 25.4. The van der Waals surface area contributed by atoms with Crippen LogP contribution in [0.2, 0.25) is 0 Å². The Balaban J connectivity index is 2.65. The van der Waals surface area contributed by atoms with Gasteiger partial charge in [0.25, 0.3) is 0 Å². The van der Waals surface area contributed by atoms with Crippen LogP contribution in [0, 0.1) is 0 Å². The van der Waals surface area contributed by atoms with Crippen molar-refractivity contribution >= 4 is 0 Å². The second-order valence-corrected chi connectivity index (χ2v) is 3.51. The number of nitrogens with one attached hydrogen (secondary N) is 1. The van der Waals surface area contributed by atoms with Crippen LogP contribution in [0.4, 0.5) is 0 Å². The first-order chi connectivity index (χ1) is 7.74. The average Bonchev–Trinajstić information content (AvgIpc) is 2.56. The second-order valence-electron chi connectivity index (χ2n) is 3.51. The number of benzene rings is 1. The molecule has 16 heavy (non-hydrogen) atoms. The summed E-state index contributed by atoms with van der Waals surface area (Å²) in [7, 11) is 0. The van der Waals surface area contributed by atoms with E-state index in [1.54, 1.807) is 12.1 Å². The molecule has 0 unspecified atom stereocenters. The van der Waals surface area contributed by atoms with Crippen LogP contribution in [0.25, 0.3) is 5.69 Å². The molecule has 1 aromatic heterocycles. The Bertz CT molecular complexity index is 577. The van der Waals surface area contributed by atoms with Gasteiger partial charge in [0, 0.05) is 6.54 Å². The number of hydrogen-bond donors (Lipinski definition) is 1. The van der Waals surface area contributed by atoms with Gasteiger partial charge in [0.05, 0.1) is 5.69 Å². The molecule has 1 aromatic carbocycles. The third-order valence-corrected chi connectivity index (χ3v) is 2.32. The zero-order valence-corrected chi connectivity index (χ0v) is 9.01. The lowest BCUT2D eigenvalue weighted by atomic mass is 10.3. The zero-order valence-electron chi connectivity index (χ0n) is 9.01. The topological polar surface area (TPSA) is 59.8 Å². The standard InChI is InChI=1S/C11H13N3O2/c1-2-8-13-10(15)12-11(16)14(13)9-6-4-3-5-7-9/h3-7H,2,8H2,1H3,(H,12,15,16). The number of para-hydroxylation sites is 1. The number of aromatic nitrogens is 3. The van der Waals surface area contributed by atoms with Crippen LogP contribution in [0.5, 0.6) is 0 Å². The highest BCUT2D eigenvalue weighted by molar-refractivity contribution is 5.29. The Morgan fingerprint density at radius 2 is 1.81 bits per heavy atom. The number of nitrogens with zero attached hydrogens (tertiary/aromatic N) is 2. The fraction of sp³-hybridized carbons (Fsp3) is 0.273. The van der Waals surface area contributed by atoms with E-state index >= 15 is 0 Å². The second kappa shape index (κ2) is 4.22. The van der Waals surface area contributed by atoms with Gasteiger partial charge in [0.15, 0.2) is 0 Å². The van der Waals surface area contributed by atoms with E-state index in [0.717, 1.165) is 6.42 Å². The van der Waals surface area contributed by atoms with Gasteiger partial charge in [-0.2, -0.15) is 4.68 Å². The molecule has 2 rings (SSSR count). The summed E-state index contributed by atoms with van der Waals surface area (Å²) < 4.78 is 2.78. The van der Waals surface area contributed by atoms with Gasteiger partial charge in [0.2, 0.25) is 0 Å². The van der Waals surface area contributed by atoms with Crippen molar-refractivity contribution in [2.24, 2.45) is 0 Å². The molecule has 0 radical (unpaired) electrons. The van der Waals surface area contributed by atoms with E-state index in [2.05, 4.69) is 4.98 Å². The van der Waals surface area contributed by atoms with Crippen LogP contribution in [0.1, 0.15) is 13.3 Å². The highest BCUT2D eigenvalue weighted by atomic mass is 16.2. The number of rotatable bonds is 3. The van der Waals surface area contributed by atoms with Gasteiger partial charge in [-0.25, -0.2) is 14.3 Å². The monoisotopic (exact) mass is 219 g/mol. The van der Waals surface area contributed by atoms with E-state index < -0.39 is 5.69 Å². The molecule has 1 heterocycles. The lowest BCUT2D eigenvalue weighted by molar-refractivity contribution is 0.521. The molecule has 5 nitrogen and oxygen atoms in total. The molecule has 1 N–H and O–H groups in total. The van der Waals surface area contributed by atoms with Crippen LogP contribution >= 0.6 is 0 Å². The molecule has 5 heteroatoms. The predicted octanol–water partition coefficient (Wildman–Crippen LogP) is 0.737. The summed E-state index contributed by atoms with van der Waals surface area (Å²) in [6.45, 7) is 2.48. The molecule has 0 atom stereocenters. The molecule has 0 saturated heterocycles. The quantitative estimate of drug-likeness (QED) is 0.827. The van der Waals surface area contributed by atoms with Gasteiger partial charge in [0.1, 0.15) is 0 Å². The summed E-state index contributed by atoms with van der Waals surface area (Å²) in [6, 6.07) is 9.11. The molecule has 0 saturated carbocycles. The first-order valence-electron chi connectivity index (χ1n) is 5.21. The maximum atomic E-state index is 11.6. The maximum Gasteiger partial charge on any atom is 0.349 e. The highest BCUT2D eigenvalue weighted by Crippen LogP contribution is 2.02.